The third-order valence-corrected chi connectivity index (χ3v) is 16.5. The highest BCUT2D eigenvalue weighted by atomic mass is 35.5. The van der Waals surface area contributed by atoms with Gasteiger partial charge in [0, 0.05) is 50.4 Å². The van der Waals surface area contributed by atoms with Crippen LogP contribution >= 0.6 is 34.3 Å². The standard InChI is InChI=1S/C54H64ClN9O6S2/c1-32-34(3)72-53-47(32)48(37-17-19-38(55)20-18-37)58-42(51-62-61-35(4)64(51)53)30-46(65)57-23-25-68-26-27-69-28-29-70-45-22-21-40(39-14-9-10-15-41(39)45)43-31-71-54(59-43)63-24-11-16-44(63)50(66)49(36-12-7-6-8-13-36)60-52(67)33(2)56-5/h9-10,14-15,17-22,31,33,36,42,44,49,56H,6-8,11-13,16,23-30H2,1-5H3,(H,57,65)(H,60,67)/t33-,42-,44?,49-/m0/s1. The van der Waals surface area contributed by atoms with Crippen molar-refractivity contribution in [2.45, 2.75) is 103 Å². The molecule has 1 saturated heterocycles. The summed E-state index contributed by atoms with van der Waals surface area (Å²) in [6, 6.07) is 18.0. The van der Waals surface area contributed by atoms with E-state index < -0.39 is 12.1 Å². The molecule has 1 saturated carbocycles. The highest BCUT2D eigenvalue weighted by molar-refractivity contribution is 7.15. The maximum atomic E-state index is 14.4. The van der Waals surface area contributed by atoms with Crippen LogP contribution in [0.4, 0.5) is 5.13 Å². The van der Waals surface area contributed by atoms with Gasteiger partial charge in [0.05, 0.1) is 62.4 Å². The lowest BCUT2D eigenvalue weighted by Crippen LogP contribution is -2.56. The lowest BCUT2D eigenvalue weighted by Gasteiger charge is -2.34. The molecule has 4 atom stereocenters. The van der Waals surface area contributed by atoms with Crippen molar-refractivity contribution in [2.24, 2.45) is 10.9 Å². The quantitative estimate of drug-likeness (QED) is 0.0588. The molecule has 1 unspecified atom stereocenters. The number of nitrogens with one attached hydrogen (secondary N) is 3. The van der Waals surface area contributed by atoms with E-state index in [1.54, 1.807) is 29.7 Å². The predicted molar refractivity (Wildman–Crippen MR) is 285 cm³/mol. The number of nitrogens with zero attached hydrogens (tertiary/aromatic N) is 6. The molecule has 72 heavy (non-hydrogen) atoms. The number of ether oxygens (including phenoxy) is 3. The Morgan fingerprint density at radius 3 is 2.40 bits per heavy atom. The summed E-state index contributed by atoms with van der Waals surface area (Å²) in [4.78, 5) is 54.5. The zero-order chi connectivity index (χ0) is 50.3. The van der Waals surface area contributed by atoms with Gasteiger partial charge in [-0.2, -0.15) is 0 Å². The third kappa shape index (κ3) is 11.3. The minimum absolute atomic E-state index is 0.0966. The van der Waals surface area contributed by atoms with Crippen LogP contribution < -0.4 is 25.6 Å². The van der Waals surface area contributed by atoms with E-state index in [-0.39, 0.29) is 42.0 Å². The number of anilines is 1. The van der Waals surface area contributed by atoms with Crippen LogP contribution in [0.3, 0.4) is 0 Å². The monoisotopic (exact) mass is 1030 g/mol. The molecule has 380 valence electrons. The van der Waals surface area contributed by atoms with E-state index in [0.717, 1.165) is 111 Å². The van der Waals surface area contributed by atoms with Gasteiger partial charge in [-0.15, -0.1) is 32.9 Å². The van der Waals surface area contributed by atoms with Crippen molar-refractivity contribution in [2.75, 3.05) is 58.1 Å². The van der Waals surface area contributed by atoms with Gasteiger partial charge >= 0.3 is 0 Å². The second-order valence-corrected chi connectivity index (χ2v) is 21.3. The van der Waals surface area contributed by atoms with Crippen LogP contribution in [0.1, 0.15) is 97.5 Å². The number of aryl methyl sites for hydroxylation is 2. The Kier molecular flexibility index (Phi) is 16.8. The largest absolute Gasteiger partial charge is 0.491 e. The fourth-order valence-corrected chi connectivity index (χ4v) is 12.4. The molecule has 9 rings (SSSR count). The van der Waals surface area contributed by atoms with E-state index >= 15 is 0 Å². The van der Waals surface area contributed by atoms with Crippen LogP contribution in [0.5, 0.6) is 5.75 Å². The molecule has 3 N–H and O–H groups in total. The summed E-state index contributed by atoms with van der Waals surface area (Å²) in [5.74, 6) is 2.08. The normalized spacial score (nSPS) is 17.8. The van der Waals surface area contributed by atoms with Crippen LogP contribution in [0.25, 0.3) is 27.0 Å². The van der Waals surface area contributed by atoms with Crippen molar-refractivity contribution in [3.8, 4) is 22.0 Å². The second kappa shape index (κ2) is 23.5. The van der Waals surface area contributed by atoms with Gasteiger partial charge in [-0.3, -0.25) is 23.9 Å². The number of fused-ring (bicyclic) bond motifs is 4. The van der Waals surface area contributed by atoms with E-state index in [2.05, 4.69) is 62.4 Å². The molecule has 0 radical (unpaired) electrons. The lowest BCUT2D eigenvalue weighted by atomic mass is 9.80. The second-order valence-electron chi connectivity index (χ2n) is 18.9. The molecule has 0 spiro atoms. The molecule has 0 bridgehead atoms. The number of hydrogen-bond donors (Lipinski definition) is 3. The number of aliphatic imine (C=N–C) groups is 1. The summed E-state index contributed by atoms with van der Waals surface area (Å²) in [6.07, 6.45) is 6.99. The number of benzene rings is 3. The fraction of sp³-hybridized carbons (Fsp3) is 0.463. The summed E-state index contributed by atoms with van der Waals surface area (Å²) in [7, 11) is 1.76. The molecule has 2 aliphatic heterocycles. The van der Waals surface area contributed by atoms with E-state index in [1.807, 2.05) is 66.9 Å². The lowest BCUT2D eigenvalue weighted by molar-refractivity contribution is -0.130. The Morgan fingerprint density at radius 1 is 0.875 bits per heavy atom. The zero-order valence-corrected chi connectivity index (χ0v) is 44.1. The smallest absolute Gasteiger partial charge is 0.237 e. The molecule has 5 heterocycles. The van der Waals surface area contributed by atoms with Crippen molar-refractivity contribution < 1.29 is 28.6 Å². The molecule has 3 aromatic carbocycles. The van der Waals surface area contributed by atoms with Gasteiger partial charge in [0.1, 0.15) is 29.2 Å². The van der Waals surface area contributed by atoms with E-state index in [9.17, 15) is 14.4 Å². The van der Waals surface area contributed by atoms with Gasteiger partial charge in [0.25, 0.3) is 0 Å². The van der Waals surface area contributed by atoms with Gasteiger partial charge in [0.2, 0.25) is 11.8 Å². The van der Waals surface area contributed by atoms with E-state index in [0.29, 0.717) is 50.4 Å². The topological polar surface area (TPSA) is 174 Å². The summed E-state index contributed by atoms with van der Waals surface area (Å²) in [6.45, 7) is 10.8. The van der Waals surface area contributed by atoms with Crippen molar-refractivity contribution in [3.63, 3.8) is 0 Å². The first-order valence-corrected chi connectivity index (χ1v) is 27.2. The van der Waals surface area contributed by atoms with Gasteiger partial charge in [-0.05, 0) is 102 Å². The fourth-order valence-electron chi connectivity index (χ4n) is 10.1. The Morgan fingerprint density at radius 2 is 1.62 bits per heavy atom. The maximum Gasteiger partial charge on any atom is 0.237 e. The molecule has 2 amide bonds. The average Bonchev–Trinajstić information content (AvgIpc) is 4.21. The minimum Gasteiger partial charge on any atom is -0.491 e. The van der Waals surface area contributed by atoms with E-state index in [4.69, 9.17) is 35.8 Å². The van der Waals surface area contributed by atoms with Crippen molar-refractivity contribution in [1.29, 1.82) is 0 Å². The number of carbonyl (C=O) groups excluding carboxylic acids is 3. The third-order valence-electron chi connectivity index (χ3n) is 14.2. The first-order chi connectivity index (χ1) is 35.0. The Bertz CT molecular complexity index is 2910. The average molecular weight is 1030 g/mol. The number of ketones is 1. The number of thiazole rings is 1. The number of halogens is 1. The number of thiophene rings is 1. The number of amides is 2. The number of Topliss-reactive ketones (excluding diaryl/α,β-unsaturated/α-hetero) is 1. The molecule has 18 heteroatoms. The Balaban J connectivity index is 0.741. The van der Waals surface area contributed by atoms with E-state index in [1.165, 1.54) is 11.3 Å². The van der Waals surface area contributed by atoms with Crippen LogP contribution in [-0.4, -0.2) is 114 Å². The molecular formula is C54H64ClN9O6S2. The summed E-state index contributed by atoms with van der Waals surface area (Å²) in [5, 5.41) is 24.6. The number of likely N-dealkylation sites (N-methyl/N-ethyl adjacent to an activating group) is 1. The number of hydrogen-bond acceptors (Lipinski definition) is 14. The van der Waals surface area contributed by atoms with Gasteiger partial charge in [0.15, 0.2) is 16.7 Å². The predicted octanol–water partition coefficient (Wildman–Crippen LogP) is 8.91. The Hall–Kier alpha value is -5.56. The molecular weight excluding hydrogens is 970 g/mol. The highest BCUT2D eigenvalue weighted by Gasteiger charge is 2.41. The van der Waals surface area contributed by atoms with Gasteiger partial charge < -0.3 is 35.1 Å². The van der Waals surface area contributed by atoms with Crippen LogP contribution in [0.15, 0.2) is 71.0 Å². The zero-order valence-electron chi connectivity index (χ0n) is 41.7. The van der Waals surface area contributed by atoms with Crippen LogP contribution in [-0.2, 0) is 23.9 Å². The number of aromatic nitrogens is 4. The first-order valence-electron chi connectivity index (χ1n) is 25.2. The Labute approximate surface area is 434 Å². The van der Waals surface area contributed by atoms with Crippen LogP contribution in [0, 0.1) is 26.7 Å². The van der Waals surface area contributed by atoms with Crippen molar-refractivity contribution in [1.82, 2.24) is 35.7 Å². The molecule has 15 nitrogen and oxygen atoms in total. The summed E-state index contributed by atoms with van der Waals surface area (Å²) < 4.78 is 19.9. The molecule has 3 aromatic heterocycles. The first kappa shape index (κ1) is 51.3. The minimum atomic E-state index is -0.553. The van der Waals surface area contributed by atoms with Gasteiger partial charge in [-0.25, -0.2) is 4.98 Å². The number of rotatable bonds is 21. The molecule has 3 aliphatic rings. The van der Waals surface area contributed by atoms with Crippen molar-refractivity contribution >= 4 is 73.5 Å². The van der Waals surface area contributed by atoms with Crippen LogP contribution in [0.2, 0.25) is 5.02 Å². The molecule has 2 fully saturated rings. The van der Waals surface area contributed by atoms with Crippen molar-refractivity contribution in [3.05, 3.63) is 104 Å². The summed E-state index contributed by atoms with van der Waals surface area (Å²) >= 11 is 9.49. The molecule has 6 aromatic rings. The highest BCUT2D eigenvalue weighted by Crippen LogP contribution is 2.41. The molecule has 1 aliphatic carbocycles. The maximum absolute atomic E-state index is 14.4. The number of carbonyl (C=O) groups is 3. The van der Waals surface area contributed by atoms with Gasteiger partial charge in [-0.1, -0.05) is 67.3 Å². The summed E-state index contributed by atoms with van der Waals surface area (Å²) in [5.41, 5.74) is 5.71. The SMILES string of the molecule is CN[C@@H](C)C(=O)N[C@H](C(=O)C1CCCN1c1nc(-c2ccc(OCCOCCOCCNC(=O)C[C@@H]3N=C(c4ccc(Cl)cc4)c4c(sc(C)c4C)-n4c(C)nnc43)c3ccccc23)cs1)C1CCCCC1.